The molecule has 0 aliphatic heterocycles. The zero-order valence-corrected chi connectivity index (χ0v) is 9.92. The lowest BCUT2D eigenvalue weighted by molar-refractivity contribution is -0.138. The molecular formula is C12H11F4NO2. The third kappa shape index (κ3) is 4.99. The van der Waals surface area contributed by atoms with Gasteiger partial charge >= 0.3 is 12.1 Å². The van der Waals surface area contributed by atoms with Crippen molar-refractivity contribution in [1.82, 2.24) is 0 Å². The van der Waals surface area contributed by atoms with Crippen molar-refractivity contribution in [2.24, 2.45) is 0 Å². The summed E-state index contributed by atoms with van der Waals surface area (Å²) in [6.45, 7) is 1.43. The molecule has 1 rings (SSSR count). The maximum Gasteiger partial charge on any atom is 0.431 e. The van der Waals surface area contributed by atoms with E-state index in [9.17, 15) is 22.4 Å². The minimum atomic E-state index is -4.78. The normalized spacial score (nSPS) is 12.2. The van der Waals surface area contributed by atoms with E-state index in [1.54, 1.807) is 0 Å². The zero-order valence-electron chi connectivity index (χ0n) is 9.92. The number of rotatable bonds is 4. The Bertz CT molecular complexity index is 483. The topological polar surface area (TPSA) is 38.3 Å². The molecule has 1 N–H and O–H groups in total. The van der Waals surface area contributed by atoms with Crippen LogP contribution in [0.1, 0.15) is 6.92 Å². The fourth-order valence-electron chi connectivity index (χ4n) is 1.21. The van der Waals surface area contributed by atoms with E-state index in [1.165, 1.54) is 19.1 Å². The first-order valence-corrected chi connectivity index (χ1v) is 5.31. The molecule has 0 spiro atoms. The summed E-state index contributed by atoms with van der Waals surface area (Å²) < 4.78 is 55.3. The van der Waals surface area contributed by atoms with E-state index in [1.807, 2.05) is 5.32 Å². The first-order valence-electron chi connectivity index (χ1n) is 5.31. The molecule has 3 nitrogen and oxygen atoms in total. The SMILES string of the molecule is CCOC(=O)/C=C(/Nc1cccc(F)c1)C(F)(F)F. The van der Waals surface area contributed by atoms with E-state index < -0.39 is 23.7 Å². The highest BCUT2D eigenvalue weighted by Crippen LogP contribution is 2.27. The van der Waals surface area contributed by atoms with Gasteiger partial charge < -0.3 is 10.1 Å². The predicted octanol–water partition coefficient (Wildman–Crippen LogP) is 3.25. The van der Waals surface area contributed by atoms with Crippen molar-refractivity contribution in [3.05, 3.63) is 41.9 Å². The summed E-state index contributed by atoms with van der Waals surface area (Å²) in [5, 5.41) is 1.94. The molecular weight excluding hydrogens is 266 g/mol. The Kier molecular flexibility index (Phi) is 4.91. The molecule has 7 heteroatoms. The van der Waals surface area contributed by atoms with Crippen LogP contribution in [0, 0.1) is 5.82 Å². The first kappa shape index (κ1) is 15.0. The van der Waals surface area contributed by atoms with Crippen LogP contribution < -0.4 is 5.32 Å². The van der Waals surface area contributed by atoms with Crippen LogP contribution in [0.3, 0.4) is 0 Å². The number of ether oxygens (including phenoxy) is 1. The molecule has 0 atom stereocenters. The maximum absolute atomic E-state index is 12.9. The van der Waals surface area contributed by atoms with Gasteiger partial charge in [0.2, 0.25) is 0 Å². The van der Waals surface area contributed by atoms with E-state index >= 15 is 0 Å². The largest absolute Gasteiger partial charge is 0.463 e. The van der Waals surface area contributed by atoms with Gasteiger partial charge in [-0.3, -0.25) is 0 Å². The molecule has 0 fully saturated rings. The summed E-state index contributed by atoms with van der Waals surface area (Å²) in [6, 6.07) is 4.46. The Labute approximate surface area is 106 Å². The fraction of sp³-hybridized carbons (Fsp3) is 0.250. The van der Waals surface area contributed by atoms with Gasteiger partial charge in [-0.2, -0.15) is 13.2 Å². The van der Waals surface area contributed by atoms with Crippen LogP contribution in [0.2, 0.25) is 0 Å². The molecule has 0 aliphatic rings. The zero-order chi connectivity index (χ0) is 14.5. The number of esters is 1. The number of alkyl halides is 3. The van der Waals surface area contributed by atoms with Crippen molar-refractivity contribution < 1.29 is 27.1 Å². The van der Waals surface area contributed by atoms with E-state index in [2.05, 4.69) is 4.74 Å². The smallest absolute Gasteiger partial charge is 0.431 e. The average molecular weight is 277 g/mol. The number of benzene rings is 1. The molecule has 0 aromatic heterocycles. The summed E-state index contributed by atoms with van der Waals surface area (Å²) in [5.74, 6) is -1.82. The van der Waals surface area contributed by atoms with Gasteiger partial charge in [-0.25, -0.2) is 9.18 Å². The molecule has 0 saturated carbocycles. The van der Waals surface area contributed by atoms with Gasteiger partial charge in [-0.15, -0.1) is 0 Å². The lowest BCUT2D eigenvalue weighted by Gasteiger charge is -2.14. The van der Waals surface area contributed by atoms with Crippen molar-refractivity contribution in [3.63, 3.8) is 0 Å². The molecule has 19 heavy (non-hydrogen) atoms. The van der Waals surface area contributed by atoms with Crippen LogP contribution in [0.5, 0.6) is 0 Å². The minimum Gasteiger partial charge on any atom is -0.463 e. The molecule has 0 heterocycles. The number of carbonyl (C=O) groups is 1. The second-order valence-electron chi connectivity index (χ2n) is 3.44. The standard InChI is InChI=1S/C12H11F4NO2/c1-2-19-11(18)7-10(12(14,15)16)17-9-5-3-4-8(13)6-9/h3-7,17H,2H2,1H3/b10-7+. The molecule has 0 radical (unpaired) electrons. The fourth-order valence-corrected chi connectivity index (χ4v) is 1.21. The van der Waals surface area contributed by atoms with E-state index in [4.69, 9.17) is 0 Å². The molecule has 0 aliphatic carbocycles. The van der Waals surface area contributed by atoms with Crippen molar-refractivity contribution in [3.8, 4) is 0 Å². The van der Waals surface area contributed by atoms with Crippen molar-refractivity contribution in [2.45, 2.75) is 13.1 Å². The van der Waals surface area contributed by atoms with Crippen LogP contribution in [0.4, 0.5) is 23.2 Å². The summed E-state index contributed by atoms with van der Waals surface area (Å²) in [6.07, 6.45) is -4.49. The highest BCUT2D eigenvalue weighted by atomic mass is 19.4. The summed E-state index contributed by atoms with van der Waals surface area (Å²) in [7, 11) is 0. The monoisotopic (exact) mass is 277 g/mol. The second-order valence-corrected chi connectivity index (χ2v) is 3.44. The summed E-state index contributed by atoms with van der Waals surface area (Å²) in [4.78, 5) is 11.0. The lowest BCUT2D eigenvalue weighted by Crippen LogP contribution is -2.21. The van der Waals surface area contributed by atoms with Gasteiger partial charge in [0, 0.05) is 5.69 Å². The molecule has 0 saturated heterocycles. The molecule has 1 aromatic rings. The Hall–Kier alpha value is -2.05. The number of halogens is 4. The molecule has 104 valence electrons. The Morgan fingerprint density at radius 3 is 2.63 bits per heavy atom. The quantitative estimate of drug-likeness (QED) is 0.521. The molecule has 0 amide bonds. The molecule has 0 unspecified atom stereocenters. The van der Waals surface area contributed by atoms with E-state index in [-0.39, 0.29) is 18.4 Å². The average Bonchev–Trinajstić information content (AvgIpc) is 2.27. The van der Waals surface area contributed by atoms with Gasteiger partial charge in [-0.05, 0) is 25.1 Å². The maximum atomic E-state index is 12.9. The van der Waals surface area contributed by atoms with E-state index in [0.717, 1.165) is 12.1 Å². The number of allylic oxidation sites excluding steroid dienone is 1. The third-order valence-electron chi connectivity index (χ3n) is 1.96. The number of carbonyl (C=O) groups excluding carboxylic acids is 1. The number of nitrogens with one attached hydrogen (secondary N) is 1. The van der Waals surface area contributed by atoms with Gasteiger partial charge in [0.05, 0.1) is 12.7 Å². The Balaban J connectivity index is 2.96. The number of anilines is 1. The van der Waals surface area contributed by atoms with Crippen LogP contribution in [-0.2, 0) is 9.53 Å². The molecule has 0 bridgehead atoms. The predicted molar refractivity (Wildman–Crippen MR) is 60.8 cm³/mol. The van der Waals surface area contributed by atoms with Crippen molar-refractivity contribution in [2.75, 3.05) is 11.9 Å². The third-order valence-corrected chi connectivity index (χ3v) is 1.96. The number of hydrogen-bond donors (Lipinski definition) is 1. The van der Waals surface area contributed by atoms with Gasteiger partial charge in [-0.1, -0.05) is 6.07 Å². The molecule has 1 aromatic carbocycles. The highest BCUT2D eigenvalue weighted by molar-refractivity contribution is 5.83. The summed E-state index contributed by atoms with van der Waals surface area (Å²) >= 11 is 0. The first-order chi connectivity index (χ1) is 8.82. The summed E-state index contributed by atoms with van der Waals surface area (Å²) in [5.41, 5.74) is -1.44. The lowest BCUT2D eigenvalue weighted by atomic mass is 10.3. The van der Waals surface area contributed by atoms with Crippen LogP contribution in [-0.4, -0.2) is 18.8 Å². The van der Waals surface area contributed by atoms with Gasteiger partial charge in [0.25, 0.3) is 0 Å². The van der Waals surface area contributed by atoms with Crippen molar-refractivity contribution in [1.29, 1.82) is 0 Å². The Morgan fingerprint density at radius 1 is 1.42 bits per heavy atom. The van der Waals surface area contributed by atoms with Crippen LogP contribution in [0.15, 0.2) is 36.0 Å². The van der Waals surface area contributed by atoms with Crippen LogP contribution >= 0.6 is 0 Å². The van der Waals surface area contributed by atoms with Crippen molar-refractivity contribution >= 4 is 11.7 Å². The minimum absolute atomic E-state index is 0.0412. The highest BCUT2D eigenvalue weighted by Gasteiger charge is 2.35. The Morgan fingerprint density at radius 2 is 2.11 bits per heavy atom. The number of hydrogen-bond acceptors (Lipinski definition) is 3. The van der Waals surface area contributed by atoms with E-state index in [0.29, 0.717) is 0 Å². The van der Waals surface area contributed by atoms with Gasteiger partial charge in [0.1, 0.15) is 11.5 Å². The van der Waals surface area contributed by atoms with Gasteiger partial charge in [0.15, 0.2) is 0 Å². The van der Waals surface area contributed by atoms with Crippen LogP contribution in [0.25, 0.3) is 0 Å². The second kappa shape index (κ2) is 6.21.